The highest BCUT2D eigenvalue weighted by Gasteiger charge is 2.26. The van der Waals surface area contributed by atoms with Crippen molar-refractivity contribution in [3.8, 4) is 0 Å². The Labute approximate surface area is 165 Å². The van der Waals surface area contributed by atoms with Crippen LogP contribution >= 0.6 is 0 Å². The molecule has 0 spiro atoms. The van der Waals surface area contributed by atoms with Gasteiger partial charge in [-0.05, 0) is 40.5 Å². The number of sulfonamides is 1. The highest BCUT2D eigenvalue weighted by Crippen LogP contribution is 2.21. The first kappa shape index (κ1) is 18.7. The molecule has 1 aliphatic heterocycles. The smallest absolute Gasteiger partial charge is 0.251 e. The Morgan fingerprint density at radius 3 is 2.46 bits per heavy atom. The molecular formula is C22H22N2O3S. The lowest BCUT2D eigenvalue weighted by atomic mass is 10.0. The molecule has 4 rings (SSSR count). The van der Waals surface area contributed by atoms with Crippen molar-refractivity contribution < 1.29 is 13.2 Å². The van der Waals surface area contributed by atoms with Gasteiger partial charge in [0.1, 0.15) is 0 Å². The molecule has 0 atom stereocenters. The second kappa shape index (κ2) is 7.73. The summed E-state index contributed by atoms with van der Waals surface area (Å²) in [5.41, 5.74) is 2.79. The molecule has 0 aromatic heterocycles. The fourth-order valence-electron chi connectivity index (χ4n) is 3.56. The van der Waals surface area contributed by atoms with Gasteiger partial charge in [-0.2, -0.15) is 4.31 Å². The maximum absolute atomic E-state index is 12.7. The normalized spacial score (nSPS) is 14.6. The molecule has 1 aliphatic rings. The van der Waals surface area contributed by atoms with E-state index in [2.05, 4.69) is 5.32 Å². The van der Waals surface area contributed by atoms with Crippen molar-refractivity contribution in [2.45, 2.75) is 13.0 Å². The van der Waals surface area contributed by atoms with Crippen LogP contribution < -0.4 is 5.32 Å². The minimum absolute atomic E-state index is 0.0894. The molecule has 3 aromatic carbocycles. The van der Waals surface area contributed by atoms with Crippen LogP contribution in [0.4, 0.5) is 0 Å². The topological polar surface area (TPSA) is 66.5 Å². The summed E-state index contributed by atoms with van der Waals surface area (Å²) in [6, 6.07) is 21.2. The van der Waals surface area contributed by atoms with Crippen LogP contribution in [0.1, 0.15) is 21.5 Å². The van der Waals surface area contributed by atoms with Crippen LogP contribution in [-0.4, -0.2) is 37.5 Å². The van der Waals surface area contributed by atoms with Crippen molar-refractivity contribution in [3.05, 3.63) is 83.4 Å². The van der Waals surface area contributed by atoms with Crippen LogP contribution in [0.3, 0.4) is 0 Å². The highest BCUT2D eigenvalue weighted by molar-refractivity contribution is 7.89. The van der Waals surface area contributed by atoms with E-state index < -0.39 is 10.0 Å². The molecule has 0 aliphatic carbocycles. The van der Waals surface area contributed by atoms with Gasteiger partial charge in [0.2, 0.25) is 10.0 Å². The summed E-state index contributed by atoms with van der Waals surface area (Å²) in [6.07, 6.45) is 0.721. The molecule has 0 saturated carbocycles. The molecule has 6 heteroatoms. The van der Waals surface area contributed by atoms with Crippen LogP contribution in [-0.2, 0) is 23.0 Å². The molecule has 5 nitrogen and oxygen atoms in total. The van der Waals surface area contributed by atoms with Crippen LogP contribution in [0.5, 0.6) is 0 Å². The van der Waals surface area contributed by atoms with Gasteiger partial charge in [0.25, 0.3) is 5.91 Å². The lowest BCUT2D eigenvalue weighted by molar-refractivity contribution is 0.0956. The summed E-state index contributed by atoms with van der Waals surface area (Å²) in [5.74, 6) is -0.362. The number of rotatable bonds is 5. The summed E-state index contributed by atoms with van der Waals surface area (Å²) >= 11 is 0. The van der Waals surface area contributed by atoms with Gasteiger partial charge in [-0.25, -0.2) is 8.42 Å². The molecule has 0 fully saturated rings. The van der Waals surface area contributed by atoms with Crippen LogP contribution in [0.15, 0.2) is 66.7 Å². The Morgan fingerprint density at radius 1 is 0.929 bits per heavy atom. The molecule has 3 aromatic rings. The van der Waals surface area contributed by atoms with Crippen molar-refractivity contribution in [3.63, 3.8) is 0 Å². The fourth-order valence-corrected chi connectivity index (χ4v) is 4.89. The Hall–Kier alpha value is -2.70. The Kier molecular flexibility index (Phi) is 5.15. The van der Waals surface area contributed by atoms with Gasteiger partial charge >= 0.3 is 0 Å². The zero-order valence-corrected chi connectivity index (χ0v) is 16.3. The summed E-state index contributed by atoms with van der Waals surface area (Å²) in [4.78, 5) is 12.4. The summed E-state index contributed by atoms with van der Waals surface area (Å²) in [5, 5.41) is 4.78. The molecule has 0 radical (unpaired) electrons. The molecule has 1 N–H and O–H groups in total. The molecule has 0 saturated heterocycles. The van der Waals surface area contributed by atoms with E-state index >= 15 is 0 Å². The van der Waals surface area contributed by atoms with E-state index in [0.717, 1.165) is 22.8 Å². The molecule has 0 unspecified atom stereocenters. The van der Waals surface area contributed by atoms with E-state index in [1.54, 1.807) is 6.07 Å². The second-order valence-electron chi connectivity index (χ2n) is 6.99. The minimum atomic E-state index is -3.42. The molecule has 1 amide bonds. The van der Waals surface area contributed by atoms with Crippen molar-refractivity contribution in [2.24, 2.45) is 0 Å². The van der Waals surface area contributed by atoms with E-state index in [0.29, 0.717) is 18.7 Å². The zero-order valence-electron chi connectivity index (χ0n) is 15.5. The van der Waals surface area contributed by atoms with Crippen molar-refractivity contribution in [2.75, 3.05) is 18.8 Å². The Morgan fingerprint density at radius 2 is 1.64 bits per heavy atom. The van der Waals surface area contributed by atoms with Crippen LogP contribution in [0.25, 0.3) is 10.8 Å². The molecular weight excluding hydrogens is 372 g/mol. The molecule has 1 heterocycles. The van der Waals surface area contributed by atoms with E-state index in [4.69, 9.17) is 0 Å². The predicted molar refractivity (Wildman–Crippen MR) is 111 cm³/mol. The zero-order chi connectivity index (χ0) is 19.6. The van der Waals surface area contributed by atoms with Crippen molar-refractivity contribution in [1.82, 2.24) is 9.62 Å². The monoisotopic (exact) mass is 394 g/mol. The molecule has 28 heavy (non-hydrogen) atoms. The van der Waals surface area contributed by atoms with Gasteiger partial charge < -0.3 is 5.32 Å². The maximum atomic E-state index is 12.7. The highest BCUT2D eigenvalue weighted by atomic mass is 32.2. The van der Waals surface area contributed by atoms with Crippen molar-refractivity contribution in [1.29, 1.82) is 0 Å². The van der Waals surface area contributed by atoms with Gasteiger partial charge in [-0.15, -0.1) is 0 Å². The second-order valence-corrected chi connectivity index (χ2v) is 9.07. The third-order valence-electron chi connectivity index (χ3n) is 5.15. The number of nitrogens with one attached hydrogen (secondary N) is 1. The quantitative estimate of drug-likeness (QED) is 0.724. The van der Waals surface area contributed by atoms with Gasteiger partial charge in [-0.1, -0.05) is 54.6 Å². The third-order valence-corrected chi connectivity index (χ3v) is 6.96. The number of benzene rings is 3. The standard InChI is InChI=1S/C22H22N2O3S/c25-22(20-10-9-17-5-1-3-7-19(17)15-20)23-12-14-28(26,27)24-13-11-18-6-2-4-8-21(18)16-24/h1-10,15H,11-14,16H2,(H,23,25). The van der Waals surface area contributed by atoms with Crippen LogP contribution in [0, 0.1) is 0 Å². The van der Waals surface area contributed by atoms with E-state index in [-0.39, 0.29) is 18.2 Å². The van der Waals surface area contributed by atoms with E-state index in [9.17, 15) is 13.2 Å². The van der Waals surface area contributed by atoms with Gasteiger partial charge in [0.05, 0.1) is 5.75 Å². The number of carbonyl (C=O) groups excluding carboxylic acids is 1. The summed E-state index contributed by atoms with van der Waals surface area (Å²) in [6.45, 7) is 0.973. The average Bonchev–Trinajstić information content (AvgIpc) is 2.72. The number of fused-ring (bicyclic) bond motifs is 2. The number of carbonyl (C=O) groups is 1. The Balaban J connectivity index is 1.36. The first-order chi connectivity index (χ1) is 13.5. The minimum Gasteiger partial charge on any atom is -0.351 e. The largest absolute Gasteiger partial charge is 0.351 e. The van der Waals surface area contributed by atoms with E-state index in [1.807, 2.05) is 60.7 Å². The van der Waals surface area contributed by atoms with E-state index in [1.165, 1.54) is 9.87 Å². The summed E-state index contributed by atoms with van der Waals surface area (Å²) in [7, 11) is -3.42. The van der Waals surface area contributed by atoms with Gasteiger partial charge in [0, 0.05) is 25.2 Å². The first-order valence-corrected chi connectivity index (χ1v) is 11.0. The summed E-state index contributed by atoms with van der Waals surface area (Å²) < 4.78 is 26.8. The lowest BCUT2D eigenvalue weighted by Crippen LogP contribution is -2.40. The van der Waals surface area contributed by atoms with Gasteiger partial charge in [0.15, 0.2) is 0 Å². The fraction of sp³-hybridized carbons (Fsp3) is 0.227. The van der Waals surface area contributed by atoms with Crippen molar-refractivity contribution >= 4 is 26.7 Å². The number of hydrogen-bond acceptors (Lipinski definition) is 3. The van der Waals surface area contributed by atoms with Crippen LogP contribution in [0.2, 0.25) is 0 Å². The number of hydrogen-bond donors (Lipinski definition) is 1. The molecule has 144 valence electrons. The number of nitrogens with zero attached hydrogens (tertiary/aromatic N) is 1. The maximum Gasteiger partial charge on any atom is 0.251 e. The molecule has 0 bridgehead atoms. The first-order valence-electron chi connectivity index (χ1n) is 9.34. The predicted octanol–water partition coefficient (Wildman–Crippen LogP) is 2.96. The third kappa shape index (κ3) is 3.93. The number of amides is 1. The Bertz CT molecular complexity index is 1130. The SMILES string of the molecule is O=C(NCCS(=O)(=O)N1CCc2ccccc2C1)c1ccc2ccccc2c1. The average molecular weight is 394 g/mol. The van der Waals surface area contributed by atoms with Gasteiger partial charge in [-0.3, -0.25) is 4.79 Å². The lowest BCUT2D eigenvalue weighted by Gasteiger charge is -2.28.